The molecule has 1 amide bonds. The summed E-state index contributed by atoms with van der Waals surface area (Å²) in [6, 6.07) is 7.98. The Morgan fingerprint density at radius 2 is 1.92 bits per heavy atom. The van der Waals surface area contributed by atoms with Crippen LogP contribution in [0.4, 0.5) is 0 Å². The van der Waals surface area contributed by atoms with Gasteiger partial charge in [0, 0.05) is 13.1 Å². The average molecular weight is 383 g/mol. The molecule has 1 atom stereocenters. The number of carbonyl (C=O) groups is 1. The lowest BCUT2D eigenvalue weighted by Gasteiger charge is -2.30. The van der Waals surface area contributed by atoms with E-state index < -0.39 is 10.0 Å². The molecule has 2 rings (SSSR count). The van der Waals surface area contributed by atoms with E-state index in [0.29, 0.717) is 32.5 Å². The number of rotatable bonds is 6. The fourth-order valence-corrected chi connectivity index (χ4v) is 3.91. The molecule has 0 spiro atoms. The predicted octanol–water partition coefficient (Wildman–Crippen LogP) is 2.15. The van der Waals surface area contributed by atoms with Crippen molar-refractivity contribution < 1.29 is 17.9 Å². The lowest BCUT2D eigenvalue weighted by atomic mass is 9.87. The first-order valence-electron chi connectivity index (χ1n) is 9.03. The lowest BCUT2D eigenvalue weighted by molar-refractivity contribution is -0.126. The van der Waals surface area contributed by atoms with Gasteiger partial charge < -0.3 is 10.1 Å². The van der Waals surface area contributed by atoms with Gasteiger partial charge >= 0.3 is 0 Å². The molecule has 0 bridgehead atoms. The topological polar surface area (TPSA) is 75.7 Å². The summed E-state index contributed by atoms with van der Waals surface area (Å²) in [6.45, 7) is 8.02. The summed E-state index contributed by atoms with van der Waals surface area (Å²) in [5, 5.41) is 2.84. The second-order valence-electron chi connectivity index (χ2n) is 7.87. The van der Waals surface area contributed by atoms with Gasteiger partial charge in [0.1, 0.15) is 12.4 Å². The molecule has 0 aliphatic carbocycles. The highest BCUT2D eigenvalue weighted by atomic mass is 32.2. The zero-order valence-electron chi connectivity index (χ0n) is 16.1. The molecular formula is C19H30N2O4S. The molecule has 1 heterocycles. The fraction of sp³-hybridized carbons (Fsp3) is 0.632. The number of nitrogens with one attached hydrogen (secondary N) is 1. The molecule has 1 fully saturated rings. The van der Waals surface area contributed by atoms with E-state index in [-0.39, 0.29) is 23.8 Å². The van der Waals surface area contributed by atoms with Crippen molar-refractivity contribution in [2.24, 2.45) is 5.92 Å². The quantitative estimate of drug-likeness (QED) is 0.765. The number of amides is 1. The summed E-state index contributed by atoms with van der Waals surface area (Å²) in [7, 11) is -3.24. The second kappa shape index (κ2) is 8.39. The van der Waals surface area contributed by atoms with Crippen LogP contribution < -0.4 is 10.1 Å². The van der Waals surface area contributed by atoms with Crippen molar-refractivity contribution in [1.29, 1.82) is 0 Å². The molecule has 1 N–H and O–H groups in total. The standard InChI is InChI=1S/C19H30N2O4S/c1-19(2,3)16-7-9-17(10-8-16)25-13-11-20-18(22)15-6-5-12-21(14-15)26(4,23)24/h7-10,15H,5-6,11-14H2,1-4H3,(H,20,22)/t15-/m1/s1. The molecule has 1 aliphatic heterocycles. The predicted molar refractivity (Wildman–Crippen MR) is 103 cm³/mol. The van der Waals surface area contributed by atoms with Crippen LogP contribution in [0.1, 0.15) is 39.2 Å². The largest absolute Gasteiger partial charge is 0.492 e. The number of benzene rings is 1. The molecule has 146 valence electrons. The van der Waals surface area contributed by atoms with Crippen molar-refractivity contribution in [2.75, 3.05) is 32.5 Å². The van der Waals surface area contributed by atoms with Crippen LogP contribution in [-0.2, 0) is 20.2 Å². The first-order chi connectivity index (χ1) is 12.1. The first-order valence-corrected chi connectivity index (χ1v) is 10.9. The van der Waals surface area contributed by atoms with E-state index in [9.17, 15) is 13.2 Å². The van der Waals surface area contributed by atoms with E-state index in [1.165, 1.54) is 16.1 Å². The Morgan fingerprint density at radius 1 is 1.27 bits per heavy atom. The molecule has 26 heavy (non-hydrogen) atoms. The van der Waals surface area contributed by atoms with Crippen LogP contribution in [0.2, 0.25) is 0 Å². The summed E-state index contributed by atoms with van der Waals surface area (Å²) in [5.41, 5.74) is 1.35. The van der Waals surface area contributed by atoms with E-state index in [1.54, 1.807) is 0 Å². The Hall–Kier alpha value is -1.60. The van der Waals surface area contributed by atoms with Crippen molar-refractivity contribution in [3.63, 3.8) is 0 Å². The van der Waals surface area contributed by atoms with E-state index in [2.05, 4.69) is 38.2 Å². The van der Waals surface area contributed by atoms with Gasteiger partial charge in [-0.2, -0.15) is 0 Å². The molecule has 1 aromatic carbocycles. The summed E-state index contributed by atoms with van der Waals surface area (Å²) in [6.07, 6.45) is 2.61. The fourth-order valence-electron chi connectivity index (χ4n) is 3.00. The molecule has 1 aromatic rings. The Morgan fingerprint density at radius 3 is 2.50 bits per heavy atom. The molecule has 1 aliphatic rings. The number of hydrogen-bond donors (Lipinski definition) is 1. The SMILES string of the molecule is CC(C)(C)c1ccc(OCCNC(=O)[C@@H]2CCCN(S(C)(=O)=O)C2)cc1. The van der Waals surface area contributed by atoms with Gasteiger partial charge in [-0.3, -0.25) is 4.79 Å². The van der Waals surface area contributed by atoms with Crippen molar-refractivity contribution in [3.05, 3.63) is 29.8 Å². The van der Waals surface area contributed by atoms with Gasteiger partial charge in [0.05, 0.1) is 18.7 Å². The molecule has 0 unspecified atom stereocenters. The van der Waals surface area contributed by atoms with Gasteiger partial charge in [0.25, 0.3) is 0 Å². The Bertz CT molecular complexity index is 708. The zero-order valence-corrected chi connectivity index (χ0v) is 16.9. The number of nitrogens with zero attached hydrogens (tertiary/aromatic N) is 1. The van der Waals surface area contributed by atoms with Gasteiger partial charge in [-0.15, -0.1) is 0 Å². The summed E-state index contributed by atoms with van der Waals surface area (Å²) >= 11 is 0. The highest BCUT2D eigenvalue weighted by Crippen LogP contribution is 2.24. The maximum Gasteiger partial charge on any atom is 0.224 e. The third-order valence-corrected chi connectivity index (χ3v) is 5.88. The number of sulfonamides is 1. The zero-order chi connectivity index (χ0) is 19.4. The highest BCUT2D eigenvalue weighted by Gasteiger charge is 2.29. The molecule has 0 aromatic heterocycles. The van der Waals surface area contributed by atoms with Gasteiger partial charge in [-0.1, -0.05) is 32.9 Å². The molecular weight excluding hydrogens is 352 g/mol. The summed E-state index contributed by atoms with van der Waals surface area (Å²) in [5.74, 6) is 0.378. The molecule has 6 nitrogen and oxygen atoms in total. The first kappa shape index (κ1) is 20.7. The van der Waals surface area contributed by atoms with Crippen molar-refractivity contribution >= 4 is 15.9 Å². The molecule has 0 radical (unpaired) electrons. The van der Waals surface area contributed by atoms with Crippen LogP contribution >= 0.6 is 0 Å². The minimum Gasteiger partial charge on any atom is -0.492 e. The van der Waals surface area contributed by atoms with Crippen LogP contribution in [0, 0.1) is 5.92 Å². The number of carbonyl (C=O) groups excluding carboxylic acids is 1. The number of piperidine rings is 1. The van der Waals surface area contributed by atoms with E-state index in [0.717, 1.165) is 5.75 Å². The van der Waals surface area contributed by atoms with Crippen molar-refractivity contribution in [2.45, 2.75) is 39.0 Å². The molecule has 1 saturated heterocycles. The third-order valence-electron chi connectivity index (χ3n) is 4.61. The van der Waals surface area contributed by atoms with Crippen LogP contribution in [0.15, 0.2) is 24.3 Å². The normalized spacial score (nSPS) is 19.2. The minimum atomic E-state index is -3.24. The van der Waals surface area contributed by atoms with E-state index in [1.807, 2.05) is 12.1 Å². The average Bonchev–Trinajstić information content (AvgIpc) is 2.57. The molecule has 0 saturated carbocycles. The highest BCUT2D eigenvalue weighted by molar-refractivity contribution is 7.88. The van der Waals surface area contributed by atoms with Crippen LogP contribution in [0.3, 0.4) is 0 Å². The van der Waals surface area contributed by atoms with Crippen LogP contribution in [-0.4, -0.2) is 51.1 Å². The van der Waals surface area contributed by atoms with Crippen LogP contribution in [0.25, 0.3) is 0 Å². The monoisotopic (exact) mass is 382 g/mol. The smallest absolute Gasteiger partial charge is 0.224 e. The van der Waals surface area contributed by atoms with Gasteiger partial charge in [0.15, 0.2) is 0 Å². The van der Waals surface area contributed by atoms with Gasteiger partial charge in [0.2, 0.25) is 15.9 Å². The summed E-state index contributed by atoms with van der Waals surface area (Å²) in [4.78, 5) is 12.2. The Balaban J connectivity index is 1.75. The Labute approximate surface area is 157 Å². The van der Waals surface area contributed by atoms with Gasteiger partial charge in [-0.05, 0) is 36.0 Å². The third kappa shape index (κ3) is 5.99. The number of ether oxygens (including phenoxy) is 1. The maximum absolute atomic E-state index is 12.2. The van der Waals surface area contributed by atoms with Gasteiger partial charge in [-0.25, -0.2) is 12.7 Å². The Kier molecular flexibility index (Phi) is 6.69. The van der Waals surface area contributed by atoms with Crippen molar-refractivity contribution in [3.8, 4) is 5.75 Å². The second-order valence-corrected chi connectivity index (χ2v) is 9.86. The van der Waals surface area contributed by atoms with E-state index >= 15 is 0 Å². The summed E-state index contributed by atoms with van der Waals surface area (Å²) < 4.78 is 30.3. The lowest BCUT2D eigenvalue weighted by Crippen LogP contribution is -2.45. The maximum atomic E-state index is 12.2. The number of hydrogen-bond acceptors (Lipinski definition) is 4. The van der Waals surface area contributed by atoms with Crippen LogP contribution in [0.5, 0.6) is 5.75 Å². The van der Waals surface area contributed by atoms with Crippen molar-refractivity contribution in [1.82, 2.24) is 9.62 Å². The van der Waals surface area contributed by atoms with E-state index in [4.69, 9.17) is 4.74 Å². The minimum absolute atomic E-state index is 0.104. The molecule has 7 heteroatoms.